The van der Waals surface area contributed by atoms with Crippen molar-refractivity contribution in [1.82, 2.24) is 0 Å². The molecule has 5 heteroatoms. The molecule has 1 aromatic carbocycles. The zero-order valence-electron chi connectivity index (χ0n) is 10.4. The lowest BCUT2D eigenvalue weighted by Gasteiger charge is -2.25. The van der Waals surface area contributed by atoms with Crippen LogP contribution in [0.2, 0.25) is 5.02 Å². The molecule has 2 heterocycles. The number of halogens is 1. The van der Waals surface area contributed by atoms with Gasteiger partial charge in [0.25, 0.3) is 0 Å². The average molecular weight is 313 g/mol. The fourth-order valence-electron chi connectivity index (χ4n) is 2.21. The Hall–Kier alpha value is -0.580. The first kappa shape index (κ1) is 13.4. The molecule has 1 fully saturated rings. The van der Waals surface area contributed by atoms with Gasteiger partial charge in [0.15, 0.2) is 11.3 Å². The van der Waals surface area contributed by atoms with Crippen LogP contribution in [0.5, 0.6) is 0 Å². The first-order chi connectivity index (χ1) is 9.16. The fraction of sp³-hybridized carbons (Fsp3) is 0.357. The molecule has 0 saturated carbocycles. The van der Waals surface area contributed by atoms with E-state index in [0.29, 0.717) is 21.6 Å². The van der Waals surface area contributed by atoms with Crippen molar-refractivity contribution in [3.05, 3.63) is 35.0 Å². The van der Waals surface area contributed by atoms with Gasteiger partial charge in [0.2, 0.25) is 5.78 Å². The highest BCUT2D eigenvalue weighted by molar-refractivity contribution is 8.07. The maximum Gasteiger partial charge on any atom is 0.212 e. The third kappa shape index (κ3) is 2.54. The Morgan fingerprint density at radius 2 is 2.16 bits per heavy atom. The predicted octanol–water partition coefficient (Wildman–Crippen LogP) is 4.51. The van der Waals surface area contributed by atoms with Gasteiger partial charge >= 0.3 is 0 Å². The van der Waals surface area contributed by atoms with Crippen LogP contribution >= 0.6 is 35.1 Å². The highest BCUT2D eigenvalue weighted by Gasteiger charge is 2.31. The summed E-state index contributed by atoms with van der Waals surface area (Å²) in [5.74, 6) is 2.64. The zero-order chi connectivity index (χ0) is 13.4. The molecular formula is C14H13ClO2S2. The van der Waals surface area contributed by atoms with Gasteiger partial charge in [-0.2, -0.15) is 11.8 Å². The predicted molar refractivity (Wildman–Crippen MR) is 83.7 cm³/mol. The van der Waals surface area contributed by atoms with Crippen molar-refractivity contribution >= 4 is 51.9 Å². The lowest BCUT2D eigenvalue weighted by atomic mass is 10.1. The number of carbonyl (C=O) groups excluding carboxylic acids is 1. The SMILES string of the molecule is CC1SCCSC1C(=O)c1cc2cccc(Cl)c2o1. The van der Waals surface area contributed by atoms with Gasteiger partial charge < -0.3 is 4.42 Å². The topological polar surface area (TPSA) is 30.2 Å². The number of ketones is 1. The van der Waals surface area contributed by atoms with Gasteiger partial charge in [-0.25, -0.2) is 0 Å². The molecule has 100 valence electrons. The molecule has 0 aliphatic carbocycles. The van der Waals surface area contributed by atoms with Gasteiger partial charge in [0.1, 0.15) is 0 Å². The van der Waals surface area contributed by atoms with E-state index in [9.17, 15) is 4.79 Å². The molecule has 1 aliphatic rings. The van der Waals surface area contributed by atoms with E-state index in [2.05, 4.69) is 6.92 Å². The number of rotatable bonds is 2. The third-order valence-corrected chi connectivity index (χ3v) is 6.57. The zero-order valence-corrected chi connectivity index (χ0v) is 12.8. The summed E-state index contributed by atoms with van der Waals surface area (Å²) < 4.78 is 5.66. The number of furan rings is 1. The van der Waals surface area contributed by atoms with E-state index >= 15 is 0 Å². The van der Waals surface area contributed by atoms with Crippen LogP contribution in [0.25, 0.3) is 11.0 Å². The summed E-state index contributed by atoms with van der Waals surface area (Å²) in [6.45, 7) is 2.11. The molecule has 1 aliphatic heterocycles. The highest BCUT2D eigenvalue weighted by atomic mass is 35.5. The Morgan fingerprint density at radius 3 is 2.89 bits per heavy atom. The standard InChI is InChI=1S/C14H13ClO2S2/c1-8-14(19-6-5-18-8)12(16)11-7-9-3-2-4-10(15)13(9)17-11/h2-4,7-8,14H,5-6H2,1H3. The van der Waals surface area contributed by atoms with Crippen LogP contribution in [0.4, 0.5) is 0 Å². The van der Waals surface area contributed by atoms with Crippen molar-refractivity contribution < 1.29 is 9.21 Å². The normalized spacial score (nSPS) is 23.7. The minimum atomic E-state index is -0.0157. The maximum absolute atomic E-state index is 12.5. The number of Topliss-reactive ketones (excluding diaryl/α,β-unsaturated/α-hetero) is 1. The summed E-state index contributed by atoms with van der Waals surface area (Å²) in [6.07, 6.45) is 0. The Kier molecular flexibility index (Phi) is 3.83. The number of hydrogen-bond acceptors (Lipinski definition) is 4. The second-order valence-electron chi connectivity index (χ2n) is 4.50. The minimum absolute atomic E-state index is 0.0157. The molecule has 2 unspecified atom stereocenters. The molecule has 3 rings (SSSR count). The van der Waals surface area contributed by atoms with Crippen molar-refractivity contribution in [3.8, 4) is 0 Å². The van der Waals surface area contributed by atoms with Crippen LogP contribution < -0.4 is 0 Å². The van der Waals surface area contributed by atoms with E-state index in [-0.39, 0.29) is 11.0 Å². The van der Waals surface area contributed by atoms with Crippen LogP contribution in [0.15, 0.2) is 28.7 Å². The molecule has 19 heavy (non-hydrogen) atoms. The first-order valence-corrected chi connectivity index (χ1v) is 8.60. The lowest BCUT2D eigenvalue weighted by Crippen LogP contribution is -2.30. The van der Waals surface area contributed by atoms with Crippen LogP contribution in [0.3, 0.4) is 0 Å². The number of para-hydroxylation sites is 1. The average Bonchev–Trinajstić information content (AvgIpc) is 2.84. The van der Waals surface area contributed by atoms with Crippen LogP contribution in [-0.2, 0) is 0 Å². The summed E-state index contributed by atoms with van der Waals surface area (Å²) in [5.41, 5.74) is 0.605. The van der Waals surface area contributed by atoms with Crippen molar-refractivity contribution in [2.24, 2.45) is 0 Å². The Morgan fingerprint density at radius 1 is 1.37 bits per heavy atom. The third-order valence-electron chi connectivity index (χ3n) is 3.19. The molecule has 0 spiro atoms. The first-order valence-electron chi connectivity index (χ1n) is 6.12. The maximum atomic E-state index is 12.5. The Bertz CT molecular complexity index is 623. The number of fused-ring (bicyclic) bond motifs is 1. The molecule has 0 bridgehead atoms. The summed E-state index contributed by atoms with van der Waals surface area (Å²) >= 11 is 9.65. The number of hydrogen-bond donors (Lipinski definition) is 0. The van der Waals surface area contributed by atoms with Crippen molar-refractivity contribution in [2.45, 2.75) is 17.4 Å². The van der Waals surface area contributed by atoms with Crippen LogP contribution in [0, 0.1) is 0 Å². The minimum Gasteiger partial charge on any atom is -0.451 e. The van der Waals surface area contributed by atoms with E-state index in [0.717, 1.165) is 16.9 Å². The second kappa shape index (κ2) is 5.43. The quantitative estimate of drug-likeness (QED) is 0.763. The molecule has 0 amide bonds. The number of carbonyl (C=O) groups is 1. The van der Waals surface area contributed by atoms with Gasteiger partial charge in [0, 0.05) is 22.1 Å². The number of thioether (sulfide) groups is 2. The largest absolute Gasteiger partial charge is 0.451 e. The van der Waals surface area contributed by atoms with E-state index in [4.69, 9.17) is 16.0 Å². The van der Waals surface area contributed by atoms with Crippen LogP contribution in [-0.4, -0.2) is 27.8 Å². The molecule has 2 atom stereocenters. The van der Waals surface area contributed by atoms with Crippen molar-refractivity contribution in [3.63, 3.8) is 0 Å². The lowest BCUT2D eigenvalue weighted by molar-refractivity contribution is 0.0965. The molecule has 1 aromatic heterocycles. The molecule has 2 nitrogen and oxygen atoms in total. The Balaban J connectivity index is 1.95. The van der Waals surface area contributed by atoms with Crippen molar-refractivity contribution in [1.29, 1.82) is 0 Å². The van der Waals surface area contributed by atoms with Gasteiger partial charge in [0.05, 0.1) is 10.3 Å². The van der Waals surface area contributed by atoms with Gasteiger partial charge in [-0.15, -0.1) is 11.8 Å². The van der Waals surface area contributed by atoms with E-state index in [1.807, 2.05) is 23.9 Å². The van der Waals surface area contributed by atoms with Crippen molar-refractivity contribution in [2.75, 3.05) is 11.5 Å². The smallest absolute Gasteiger partial charge is 0.212 e. The van der Waals surface area contributed by atoms with E-state index < -0.39 is 0 Å². The van der Waals surface area contributed by atoms with E-state index in [1.54, 1.807) is 23.9 Å². The summed E-state index contributed by atoms with van der Waals surface area (Å²) in [4.78, 5) is 12.5. The Labute approximate surface area is 125 Å². The van der Waals surface area contributed by atoms with Crippen LogP contribution in [0.1, 0.15) is 17.5 Å². The molecule has 0 N–H and O–H groups in total. The molecule has 2 aromatic rings. The fourth-order valence-corrected chi connectivity index (χ4v) is 5.13. The molecular weight excluding hydrogens is 300 g/mol. The second-order valence-corrected chi connectivity index (χ2v) is 7.64. The molecule has 0 radical (unpaired) electrons. The van der Waals surface area contributed by atoms with Gasteiger partial charge in [-0.3, -0.25) is 4.79 Å². The van der Waals surface area contributed by atoms with E-state index in [1.165, 1.54) is 0 Å². The van der Waals surface area contributed by atoms with Gasteiger partial charge in [-0.1, -0.05) is 30.7 Å². The monoisotopic (exact) mass is 312 g/mol. The molecule has 1 saturated heterocycles. The summed E-state index contributed by atoms with van der Waals surface area (Å²) in [7, 11) is 0. The summed E-state index contributed by atoms with van der Waals surface area (Å²) in [5, 5.41) is 1.75. The highest BCUT2D eigenvalue weighted by Crippen LogP contribution is 2.35. The van der Waals surface area contributed by atoms with Gasteiger partial charge in [-0.05, 0) is 12.1 Å². The number of benzene rings is 1. The summed E-state index contributed by atoms with van der Waals surface area (Å²) in [6, 6.07) is 7.35.